The predicted octanol–water partition coefficient (Wildman–Crippen LogP) is 2.72. The van der Waals surface area contributed by atoms with Crippen LogP contribution in [0, 0.1) is 19.8 Å². The van der Waals surface area contributed by atoms with Gasteiger partial charge in [-0.3, -0.25) is 9.59 Å². The van der Waals surface area contributed by atoms with Crippen LogP contribution in [-0.4, -0.2) is 12.2 Å². The Morgan fingerprint density at radius 1 is 1.32 bits per heavy atom. The van der Waals surface area contributed by atoms with Gasteiger partial charge in [0.2, 0.25) is 5.91 Å². The van der Waals surface area contributed by atoms with Crippen LogP contribution < -0.4 is 5.73 Å². The SMILES string of the molecule is Cc1cccc(C=O)c1C.NC(=O)C1C=CC=CC1. The first-order valence-corrected chi connectivity index (χ1v) is 6.20. The van der Waals surface area contributed by atoms with Gasteiger partial charge >= 0.3 is 0 Å². The highest BCUT2D eigenvalue weighted by Crippen LogP contribution is 2.10. The lowest BCUT2D eigenvalue weighted by Gasteiger charge is -2.06. The molecule has 2 N–H and O–H groups in total. The van der Waals surface area contributed by atoms with E-state index in [0.29, 0.717) is 0 Å². The van der Waals surface area contributed by atoms with Crippen LogP contribution >= 0.6 is 0 Å². The van der Waals surface area contributed by atoms with Crippen molar-refractivity contribution < 1.29 is 9.59 Å². The Morgan fingerprint density at radius 3 is 2.47 bits per heavy atom. The Hall–Kier alpha value is -2.16. The van der Waals surface area contributed by atoms with Gasteiger partial charge in [0.25, 0.3) is 0 Å². The molecule has 19 heavy (non-hydrogen) atoms. The molecular weight excluding hydrogens is 238 g/mol. The number of allylic oxidation sites excluding steroid dienone is 3. The highest BCUT2D eigenvalue weighted by Gasteiger charge is 2.09. The van der Waals surface area contributed by atoms with Crippen molar-refractivity contribution in [1.29, 1.82) is 0 Å². The zero-order chi connectivity index (χ0) is 14.3. The number of benzene rings is 1. The number of amides is 1. The highest BCUT2D eigenvalue weighted by atomic mass is 16.1. The number of nitrogens with two attached hydrogens (primary N) is 1. The number of rotatable bonds is 2. The quantitative estimate of drug-likeness (QED) is 0.828. The standard InChI is InChI=1S/C9H10O.C7H9NO/c1-7-4-3-5-9(6-10)8(7)2;8-7(9)6-4-2-1-3-5-6/h3-6H,1-2H3;1-4,6H,5H2,(H2,8,9). The summed E-state index contributed by atoms with van der Waals surface area (Å²) in [5, 5.41) is 0. The molecule has 1 aliphatic rings. The van der Waals surface area contributed by atoms with Crippen molar-refractivity contribution in [3.63, 3.8) is 0 Å². The molecule has 0 spiro atoms. The van der Waals surface area contributed by atoms with Gasteiger partial charge in [0.05, 0.1) is 5.92 Å². The largest absolute Gasteiger partial charge is 0.369 e. The maximum Gasteiger partial charge on any atom is 0.224 e. The van der Waals surface area contributed by atoms with Crippen molar-refractivity contribution in [1.82, 2.24) is 0 Å². The van der Waals surface area contributed by atoms with E-state index in [-0.39, 0.29) is 11.8 Å². The first kappa shape index (κ1) is 14.9. The van der Waals surface area contributed by atoms with E-state index in [1.807, 2.05) is 56.4 Å². The van der Waals surface area contributed by atoms with E-state index in [0.717, 1.165) is 23.8 Å². The summed E-state index contributed by atoms with van der Waals surface area (Å²) in [5.41, 5.74) is 8.09. The predicted molar refractivity (Wildman–Crippen MR) is 76.9 cm³/mol. The molecule has 1 amide bonds. The Morgan fingerprint density at radius 2 is 2.05 bits per heavy atom. The van der Waals surface area contributed by atoms with Crippen LogP contribution in [0.2, 0.25) is 0 Å². The third-order valence-electron chi connectivity index (χ3n) is 3.12. The normalized spacial score (nSPS) is 16.4. The molecule has 0 heterocycles. The number of aldehydes is 1. The van der Waals surface area contributed by atoms with E-state index in [1.165, 1.54) is 5.56 Å². The van der Waals surface area contributed by atoms with Crippen LogP contribution in [0.3, 0.4) is 0 Å². The van der Waals surface area contributed by atoms with Crippen molar-refractivity contribution in [2.24, 2.45) is 11.7 Å². The van der Waals surface area contributed by atoms with Gasteiger partial charge in [-0.05, 0) is 31.4 Å². The van der Waals surface area contributed by atoms with E-state index in [4.69, 9.17) is 5.73 Å². The van der Waals surface area contributed by atoms with Gasteiger partial charge in [-0.15, -0.1) is 0 Å². The van der Waals surface area contributed by atoms with Gasteiger partial charge in [0.1, 0.15) is 6.29 Å². The molecule has 0 fully saturated rings. The molecular formula is C16H19NO2. The summed E-state index contributed by atoms with van der Waals surface area (Å²) in [6.45, 7) is 3.96. The number of hydrogen-bond donors (Lipinski definition) is 1. The minimum atomic E-state index is -0.240. The van der Waals surface area contributed by atoms with Crippen molar-refractivity contribution >= 4 is 12.2 Å². The van der Waals surface area contributed by atoms with E-state index < -0.39 is 0 Å². The van der Waals surface area contributed by atoms with Gasteiger partial charge in [0.15, 0.2) is 0 Å². The lowest BCUT2D eigenvalue weighted by atomic mass is 10.0. The molecule has 0 saturated carbocycles. The van der Waals surface area contributed by atoms with Crippen LogP contribution in [0.15, 0.2) is 42.5 Å². The van der Waals surface area contributed by atoms with Crippen molar-refractivity contribution in [2.45, 2.75) is 20.3 Å². The smallest absolute Gasteiger partial charge is 0.224 e. The van der Waals surface area contributed by atoms with Crippen LogP contribution in [0.4, 0.5) is 0 Å². The molecule has 1 unspecified atom stereocenters. The number of carbonyl (C=O) groups is 2. The Bertz CT molecular complexity index is 515. The molecule has 3 heteroatoms. The maximum absolute atomic E-state index is 10.5. The fraction of sp³-hybridized carbons (Fsp3) is 0.250. The second-order valence-corrected chi connectivity index (χ2v) is 4.46. The summed E-state index contributed by atoms with van der Waals surface area (Å²) in [4.78, 5) is 20.9. The van der Waals surface area contributed by atoms with Crippen molar-refractivity contribution in [2.75, 3.05) is 0 Å². The molecule has 1 aromatic carbocycles. The van der Waals surface area contributed by atoms with Gasteiger partial charge in [-0.2, -0.15) is 0 Å². The summed E-state index contributed by atoms with van der Waals surface area (Å²) in [5.74, 6) is -0.314. The number of hydrogen-bond acceptors (Lipinski definition) is 2. The average Bonchev–Trinajstić information content (AvgIpc) is 2.43. The van der Waals surface area contributed by atoms with Gasteiger partial charge in [0, 0.05) is 5.56 Å². The van der Waals surface area contributed by atoms with Crippen LogP contribution in [0.1, 0.15) is 27.9 Å². The van der Waals surface area contributed by atoms with Gasteiger partial charge in [-0.1, -0.05) is 42.5 Å². The maximum atomic E-state index is 10.5. The van der Waals surface area contributed by atoms with E-state index in [9.17, 15) is 9.59 Å². The molecule has 0 saturated heterocycles. The average molecular weight is 257 g/mol. The fourth-order valence-corrected chi connectivity index (χ4v) is 1.69. The molecule has 0 aliphatic heterocycles. The summed E-state index contributed by atoms with van der Waals surface area (Å²) < 4.78 is 0. The van der Waals surface area contributed by atoms with E-state index in [1.54, 1.807) is 0 Å². The third-order valence-corrected chi connectivity index (χ3v) is 3.12. The summed E-state index contributed by atoms with van der Waals surface area (Å²) in [6, 6.07) is 5.73. The molecule has 100 valence electrons. The molecule has 0 aromatic heterocycles. The third kappa shape index (κ3) is 4.54. The molecule has 1 aliphatic carbocycles. The number of carbonyl (C=O) groups excluding carboxylic acids is 2. The van der Waals surface area contributed by atoms with Crippen molar-refractivity contribution in [3.05, 3.63) is 59.2 Å². The summed E-state index contributed by atoms with van der Waals surface area (Å²) >= 11 is 0. The fourth-order valence-electron chi connectivity index (χ4n) is 1.69. The molecule has 1 aromatic rings. The first-order valence-electron chi connectivity index (χ1n) is 6.20. The Labute approximate surface area is 113 Å². The van der Waals surface area contributed by atoms with Gasteiger partial charge in [-0.25, -0.2) is 0 Å². The number of primary amides is 1. The minimum absolute atomic E-state index is 0.0741. The summed E-state index contributed by atoms with van der Waals surface area (Å²) in [6.07, 6.45) is 9.17. The molecule has 2 rings (SSSR count). The Kier molecular flexibility index (Phi) is 5.73. The molecule has 1 atom stereocenters. The monoisotopic (exact) mass is 257 g/mol. The molecule has 3 nitrogen and oxygen atoms in total. The second kappa shape index (κ2) is 7.31. The number of aryl methyl sites for hydroxylation is 1. The van der Waals surface area contributed by atoms with Crippen LogP contribution in [-0.2, 0) is 4.79 Å². The molecule has 0 bridgehead atoms. The minimum Gasteiger partial charge on any atom is -0.369 e. The summed E-state index contributed by atoms with van der Waals surface area (Å²) in [7, 11) is 0. The van der Waals surface area contributed by atoms with Gasteiger partial charge < -0.3 is 5.73 Å². The zero-order valence-corrected chi connectivity index (χ0v) is 11.3. The van der Waals surface area contributed by atoms with Crippen LogP contribution in [0.5, 0.6) is 0 Å². The molecule has 0 radical (unpaired) electrons. The lowest BCUT2D eigenvalue weighted by molar-refractivity contribution is -0.120. The van der Waals surface area contributed by atoms with Crippen LogP contribution in [0.25, 0.3) is 0 Å². The highest BCUT2D eigenvalue weighted by molar-refractivity contribution is 5.79. The Balaban J connectivity index is 0.000000191. The first-order chi connectivity index (χ1) is 9.06. The second-order valence-electron chi connectivity index (χ2n) is 4.46. The lowest BCUT2D eigenvalue weighted by Crippen LogP contribution is -2.21. The zero-order valence-electron chi connectivity index (χ0n) is 11.3. The van der Waals surface area contributed by atoms with E-state index >= 15 is 0 Å². The van der Waals surface area contributed by atoms with E-state index in [2.05, 4.69) is 0 Å². The topological polar surface area (TPSA) is 60.2 Å². The van der Waals surface area contributed by atoms with Crippen molar-refractivity contribution in [3.8, 4) is 0 Å².